The summed E-state index contributed by atoms with van der Waals surface area (Å²) in [5.41, 5.74) is 4.81. The lowest BCUT2D eigenvalue weighted by atomic mass is 10.0. The van der Waals surface area contributed by atoms with Crippen LogP contribution in [-0.2, 0) is 11.2 Å². The van der Waals surface area contributed by atoms with Crippen LogP contribution in [0.5, 0.6) is 0 Å². The van der Waals surface area contributed by atoms with Crippen molar-refractivity contribution in [3.05, 3.63) is 76.2 Å². The van der Waals surface area contributed by atoms with Gasteiger partial charge in [0.25, 0.3) is 0 Å². The zero-order chi connectivity index (χ0) is 21.7. The molecule has 30 heavy (non-hydrogen) atoms. The van der Waals surface area contributed by atoms with E-state index in [4.69, 9.17) is 17.0 Å². The number of ether oxygens (including phenoxy) is 1. The Kier molecular flexibility index (Phi) is 7.24. The van der Waals surface area contributed by atoms with Gasteiger partial charge >= 0.3 is 5.97 Å². The molecule has 0 aliphatic carbocycles. The number of rotatable bonds is 6. The molecule has 0 aliphatic heterocycles. The average Bonchev–Trinajstić information content (AvgIpc) is 3.09. The lowest BCUT2D eigenvalue weighted by Gasteiger charge is -2.18. The first kappa shape index (κ1) is 22.0. The molecule has 2 N–H and O–H groups in total. The number of thiophene rings is 1. The summed E-state index contributed by atoms with van der Waals surface area (Å²) >= 11 is 7.04. The van der Waals surface area contributed by atoms with Crippen LogP contribution >= 0.6 is 23.6 Å². The first-order valence-corrected chi connectivity index (χ1v) is 11.1. The maximum Gasteiger partial charge on any atom is 0.341 e. The molecule has 0 aliphatic rings. The van der Waals surface area contributed by atoms with Crippen molar-refractivity contribution in [1.29, 1.82) is 0 Å². The SMILES string of the molecule is CCc1ccc(C(C)NC(=S)Nc2sc(C)c(-c3ccccc3)c2C(=O)OC)cc1. The van der Waals surface area contributed by atoms with Crippen LogP contribution < -0.4 is 10.6 Å². The van der Waals surface area contributed by atoms with Crippen LogP contribution in [-0.4, -0.2) is 18.2 Å². The minimum absolute atomic E-state index is 0.0344. The van der Waals surface area contributed by atoms with Crippen molar-refractivity contribution in [1.82, 2.24) is 5.32 Å². The van der Waals surface area contributed by atoms with Gasteiger partial charge in [-0.15, -0.1) is 11.3 Å². The second-order valence-corrected chi connectivity index (χ2v) is 8.64. The van der Waals surface area contributed by atoms with Gasteiger partial charge < -0.3 is 15.4 Å². The lowest BCUT2D eigenvalue weighted by Crippen LogP contribution is -2.31. The Bertz CT molecular complexity index is 1030. The van der Waals surface area contributed by atoms with Crippen molar-refractivity contribution in [2.75, 3.05) is 12.4 Å². The summed E-state index contributed by atoms with van der Waals surface area (Å²) in [5.74, 6) is -0.383. The Labute approximate surface area is 187 Å². The van der Waals surface area contributed by atoms with E-state index in [9.17, 15) is 4.79 Å². The van der Waals surface area contributed by atoms with E-state index in [0.29, 0.717) is 15.7 Å². The third kappa shape index (κ3) is 4.89. The lowest BCUT2D eigenvalue weighted by molar-refractivity contribution is 0.0603. The van der Waals surface area contributed by atoms with Crippen LogP contribution in [0.15, 0.2) is 54.6 Å². The van der Waals surface area contributed by atoms with E-state index in [2.05, 4.69) is 48.7 Å². The molecular weight excluding hydrogens is 412 g/mol. The monoisotopic (exact) mass is 438 g/mol. The summed E-state index contributed by atoms with van der Waals surface area (Å²) in [5, 5.41) is 7.68. The number of nitrogens with one attached hydrogen (secondary N) is 2. The molecule has 3 aromatic rings. The number of carbonyl (C=O) groups excluding carboxylic acids is 1. The Morgan fingerprint density at radius 3 is 2.40 bits per heavy atom. The summed E-state index contributed by atoms with van der Waals surface area (Å²) in [4.78, 5) is 13.6. The van der Waals surface area contributed by atoms with Crippen molar-refractivity contribution in [3.63, 3.8) is 0 Å². The Morgan fingerprint density at radius 2 is 1.80 bits per heavy atom. The summed E-state index contributed by atoms with van der Waals surface area (Å²) in [6.07, 6.45) is 1.01. The standard InChI is InChI=1S/C24H26N2O2S2/c1-5-17-11-13-18(14-12-17)15(2)25-24(29)26-22-21(23(27)28-4)20(16(3)30-22)19-9-7-6-8-10-19/h6-15H,5H2,1-4H3,(H2,25,26,29). The molecule has 1 aromatic heterocycles. The minimum Gasteiger partial charge on any atom is -0.465 e. The molecule has 3 rings (SSSR count). The van der Waals surface area contributed by atoms with E-state index >= 15 is 0 Å². The molecular formula is C24H26N2O2S2. The van der Waals surface area contributed by atoms with E-state index in [1.54, 1.807) is 0 Å². The number of esters is 1. The molecule has 4 nitrogen and oxygen atoms in total. The molecule has 2 aromatic carbocycles. The topological polar surface area (TPSA) is 50.4 Å². The van der Waals surface area contributed by atoms with Gasteiger partial charge in [-0.3, -0.25) is 0 Å². The Morgan fingerprint density at radius 1 is 1.13 bits per heavy atom. The van der Waals surface area contributed by atoms with Gasteiger partial charge in [0.15, 0.2) is 5.11 Å². The van der Waals surface area contributed by atoms with E-state index in [1.807, 2.05) is 37.3 Å². The third-order valence-corrected chi connectivity index (χ3v) is 6.24. The second kappa shape index (κ2) is 9.87. The van der Waals surface area contributed by atoms with Gasteiger partial charge in [0.2, 0.25) is 0 Å². The van der Waals surface area contributed by atoms with Crippen LogP contribution in [0.1, 0.15) is 46.3 Å². The molecule has 0 amide bonds. The first-order valence-electron chi connectivity index (χ1n) is 9.88. The summed E-state index contributed by atoms with van der Waals surface area (Å²) in [7, 11) is 1.40. The fraction of sp³-hybridized carbons (Fsp3) is 0.250. The van der Waals surface area contributed by atoms with E-state index in [-0.39, 0.29) is 12.0 Å². The highest BCUT2D eigenvalue weighted by atomic mass is 32.1. The predicted octanol–water partition coefficient (Wildman–Crippen LogP) is 6.12. The van der Waals surface area contributed by atoms with Gasteiger partial charge in [0.05, 0.1) is 13.2 Å². The molecule has 0 spiro atoms. The molecule has 0 bridgehead atoms. The maximum atomic E-state index is 12.6. The third-order valence-electron chi connectivity index (χ3n) is 5.00. The molecule has 1 heterocycles. The number of thiocarbonyl (C=S) groups is 1. The smallest absolute Gasteiger partial charge is 0.341 e. The number of hydrogen-bond donors (Lipinski definition) is 2. The number of aryl methyl sites for hydroxylation is 2. The molecule has 0 saturated carbocycles. The van der Waals surface area contributed by atoms with Crippen molar-refractivity contribution >= 4 is 39.6 Å². The minimum atomic E-state index is -0.383. The number of methoxy groups -OCH3 is 1. The zero-order valence-electron chi connectivity index (χ0n) is 17.6. The van der Waals surface area contributed by atoms with Crippen LogP contribution in [0.4, 0.5) is 5.00 Å². The molecule has 0 fully saturated rings. The molecule has 1 atom stereocenters. The van der Waals surface area contributed by atoms with E-state index in [1.165, 1.54) is 24.0 Å². The second-order valence-electron chi connectivity index (χ2n) is 7.01. The fourth-order valence-corrected chi connectivity index (χ4v) is 4.76. The van der Waals surface area contributed by atoms with Gasteiger partial charge in [0, 0.05) is 10.4 Å². The summed E-state index contributed by atoms with van der Waals surface area (Å²) in [6.45, 7) is 6.20. The van der Waals surface area contributed by atoms with Gasteiger partial charge in [-0.2, -0.15) is 0 Å². The van der Waals surface area contributed by atoms with Crippen LogP contribution in [0.2, 0.25) is 0 Å². The maximum absolute atomic E-state index is 12.6. The highest BCUT2D eigenvalue weighted by Crippen LogP contribution is 2.40. The van der Waals surface area contributed by atoms with Gasteiger partial charge in [0.1, 0.15) is 10.6 Å². The van der Waals surface area contributed by atoms with Crippen molar-refractivity contribution in [2.24, 2.45) is 0 Å². The highest BCUT2D eigenvalue weighted by molar-refractivity contribution is 7.80. The summed E-state index contributed by atoms with van der Waals surface area (Å²) in [6, 6.07) is 18.4. The largest absolute Gasteiger partial charge is 0.465 e. The molecule has 0 saturated heterocycles. The highest BCUT2D eigenvalue weighted by Gasteiger charge is 2.24. The van der Waals surface area contributed by atoms with Gasteiger partial charge in [-0.1, -0.05) is 61.5 Å². The van der Waals surface area contributed by atoms with Crippen LogP contribution in [0.3, 0.4) is 0 Å². The van der Waals surface area contributed by atoms with Crippen molar-refractivity contribution < 1.29 is 9.53 Å². The first-order chi connectivity index (χ1) is 14.4. The van der Waals surface area contributed by atoms with Gasteiger partial charge in [-0.25, -0.2) is 4.79 Å². The number of anilines is 1. The van der Waals surface area contributed by atoms with Crippen molar-refractivity contribution in [3.8, 4) is 11.1 Å². The number of hydrogen-bond acceptors (Lipinski definition) is 4. The van der Waals surface area contributed by atoms with Crippen LogP contribution in [0, 0.1) is 6.92 Å². The van der Waals surface area contributed by atoms with E-state index < -0.39 is 0 Å². The van der Waals surface area contributed by atoms with Gasteiger partial charge in [-0.05, 0) is 49.2 Å². The van der Waals surface area contributed by atoms with Crippen LogP contribution in [0.25, 0.3) is 11.1 Å². The number of carbonyl (C=O) groups is 1. The molecule has 156 valence electrons. The molecule has 0 radical (unpaired) electrons. The van der Waals surface area contributed by atoms with E-state index in [0.717, 1.165) is 28.0 Å². The normalized spacial score (nSPS) is 11.6. The zero-order valence-corrected chi connectivity index (χ0v) is 19.2. The summed E-state index contributed by atoms with van der Waals surface area (Å²) < 4.78 is 5.07. The fourth-order valence-electron chi connectivity index (χ4n) is 3.34. The number of benzene rings is 2. The molecule has 1 unspecified atom stereocenters. The average molecular weight is 439 g/mol. The van der Waals surface area contributed by atoms with Crippen molar-refractivity contribution in [2.45, 2.75) is 33.2 Å². The predicted molar refractivity (Wildman–Crippen MR) is 129 cm³/mol. The Hall–Kier alpha value is -2.70. The quantitative estimate of drug-likeness (QED) is 0.359. The molecule has 6 heteroatoms. The Balaban J connectivity index is 1.83.